The molecule has 0 aliphatic carbocycles. The van der Waals surface area contributed by atoms with Gasteiger partial charge in [-0.2, -0.15) is 0 Å². The number of hydrogen-bond donors (Lipinski definition) is 0. The standard InChI is InChI=1S/C8H14ClN3O2S/c1-7(9)8-6-12(11-10-8)4-3-5-15(2,13)14/h6-7H,3-5H2,1-2H3. The Hall–Kier alpha value is -0.620. The molecule has 7 heteroatoms. The Morgan fingerprint density at radius 1 is 1.60 bits per heavy atom. The van der Waals surface area contributed by atoms with Crippen molar-refractivity contribution >= 4 is 21.4 Å². The van der Waals surface area contributed by atoms with Crippen molar-refractivity contribution in [2.24, 2.45) is 0 Å². The fourth-order valence-electron chi connectivity index (χ4n) is 1.09. The molecule has 15 heavy (non-hydrogen) atoms. The van der Waals surface area contributed by atoms with Crippen molar-refractivity contribution in [3.05, 3.63) is 11.9 Å². The van der Waals surface area contributed by atoms with E-state index in [1.54, 1.807) is 10.9 Å². The zero-order valence-corrected chi connectivity index (χ0v) is 10.3. The molecule has 0 fully saturated rings. The van der Waals surface area contributed by atoms with Gasteiger partial charge in [-0.3, -0.25) is 4.68 Å². The lowest BCUT2D eigenvalue weighted by atomic mass is 10.4. The molecule has 0 N–H and O–H groups in total. The van der Waals surface area contributed by atoms with Crippen LogP contribution in [0.4, 0.5) is 0 Å². The van der Waals surface area contributed by atoms with Gasteiger partial charge < -0.3 is 0 Å². The lowest BCUT2D eigenvalue weighted by molar-refractivity contribution is 0.564. The molecule has 0 aliphatic rings. The Labute approximate surface area is 94.3 Å². The minimum atomic E-state index is -2.89. The Kier molecular flexibility index (Phi) is 4.10. The first-order valence-electron chi connectivity index (χ1n) is 4.60. The molecule has 1 aromatic rings. The van der Waals surface area contributed by atoms with E-state index < -0.39 is 9.84 Å². The van der Waals surface area contributed by atoms with Gasteiger partial charge in [0, 0.05) is 19.0 Å². The molecule has 1 unspecified atom stereocenters. The fraction of sp³-hybridized carbons (Fsp3) is 0.750. The molecule has 5 nitrogen and oxygen atoms in total. The summed E-state index contributed by atoms with van der Waals surface area (Å²) in [5, 5.41) is 7.53. The van der Waals surface area contributed by atoms with Crippen LogP contribution in [-0.4, -0.2) is 35.4 Å². The number of aromatic nitrogens is 3. The number of aryl methyl sites for hydroxylation is 1. The molecule has 86 valence electrons. The number of sulfone groups is 1. The molecule has 0 spiro atoms. The third-order valence-electron chi connectivity index (χ3n) is 1.87. The van der Waals surface area contributed by atoms with E-state index in [0.717, 1.165) is 0 Å². The van der Waals surface area contributed by atoms with E-state index in [0.29, 0.717) is 18.7 Å². The van der Waals surface area contributed by atoms with Gasteiger partial charge in [-0.05, 0) is 13.3 Å². The first kappa shape index (κ1) is 12.4. The van der Waals surface area contributed by atoms with Crippen LogP contribution in [0.1, 0.15) is 24.4 Å². The minimum absolute atomic E-state index is 0.165. The van der Waals surface area contributed by atoms with E-state index in [2.05, 4.69) is 10.3 Å². The van der Waals surface area contributed by atoms with Gasteiger partial charge in [0.15, 0.2) is 0 Å². The molecule has 1 rings (SSSR count). The Balaban J connectivity index is 2.45. The summed E-state index contributed by atoms with van der Waals surface area (Å²) < 4.78 is 23.3. The van der Waals surface area contributed by atoms with Gasteiger partial charge in [0.2, 0.25) is 0 Å². The summed E-state index contributed by atoms with van der Waals surface area (Å²) in [6.07, 6.45) is 3.50. The van der Waals surface area contributed by atoms with Crippen LogP contribution in [0.5, 0.6) is 0 Å². The Bertz CT molecular complexity index is 413. The molecule has 0 aliphatic heterocycles. The van der Waals surface area contributed by atoms with Crippen molar-refractivity contribution in [2.75, 3.05) is 12.0 Å². The summed E-state index contributed by atoms with van der Waals surface area (Å²) in [5.74, 6) is 0.165. The van der Waals surface area contributed by atoms with Crippen molar-refractivity contribution in [2.45, 2.75) is 25.3 Å². The molecular formula is C8H14ClN3O2S. The fourth-order valence-corrected chi connectivity index (χ4v) is 1.85. The van der Waals surface area contributed by atoms with E-state index in [1.165, 1.54) is 6.26 Å². The normalized spacial score (nSPS) is 14.1. The third-order valence-corrected chi connectivity index (χ3v) is 3.12. The van der Waals surface area contributed by atoms with Crippen molar-refractivity contribution in [3.8, 4) is 0 Å². The second-order valence-corrected chi connectivity index (χ2v) is 6.42. The van der Waals surface area contributed by atoms with Gasteiger partial charge in [0.25, 0.3) is 0 Å². The zero-order chi connectivity index (χ0) is 11.5. The molecule has 0 bridgehead atoms. The molecule has 1 heterocycles. The highest BCUT2D eigenvalue weighted by molar-refractivity contribution is 7.90. The van der Waals surface area contributed by atoms with Crippen molar-refractivity contribution in [1.82, 2.24) is 15.0 Å². The average Bonchev–Trinajstić information content (AvgIpc) is 2.50. The van der Waals surface area contributed by atoms with Crippen LogP contribution in [0.3, 0.4) is 0 Å². The first-order chi connectivity index (χ1) is 6.88. The monoisotopic (exact) mass is 251 g/mol. The molecule has 0 amide bonds. The van der Waals surface area contributed by atoms with Crippen LogP contribution in [-0.2, 0) is 16.4 Å². The predicted octanol–water partition coefficient (Wildman–Crippen LogP) is 1.01. The molecule has 0 saturated heterocycles. The summed E-state index contributed by atoms with van der Waals surface area (Å²) >= 11 is 5.81. The number of nitrogens with zero attached hydrogens (tertiary/aromatic N) is 3. The highest BCUT2D eigenvalue weighted by atomic mass is 35.5. The van der Waals surface area contributed by atoms with E-state index in [1.807, 2.05) is 6.92 Å². The molecule has 0 radical (unpaired) electrons. The number of hydrogen-bond acceptors (Lipinski definition) is 4. The maximum absolute atomic E-state index is 10.9. The summed E-state index contributed by atoms with van der Waals surface area (Å²) in [4.78, 5) is 0. The smallest absolute Gasteiger partial charge is 0.147 e. The van der Waals surface area contributed by atoms with E-state index >= 15 is 0 Å². The van der Waals surface area contributed by atoms with Crippen molar-refractivity contribution in [3.63, 3.8) is 0 Å². The summed E-state index contributed by atoms with van der Waals surface area (Å²) in [7, 11) is -2.89. The molecule has 1 atom stereocenters. The quantitative estimate of drug-likeness (QED) is 0.733. The van der Waals surface area contributed by atoms with Gasteiger partial charge in [0.05, 0.1) is 11.1 Å². The van der Waals surface area contributed by atoms with Crippen LogP contribution in [0.2, 0.25) is 0 Å². The van der Waals surface area contributed by atoms with Crippen molar-refractivity contribution < 1.29 is 8.42 Å². The Morgan fingerprint density at radius 2 is 2.27 bits per heavy atom. The van der Waals surface area contributed by atoms with Crippen LogP contribution in [0.25, 0.3) is 0 Å². The topological polar surface area (TPSA) is 64.8 Å². The third kappa shape index (κ3) is 4.61. The summed E-state index contributed by atoms with van der Waals surface area (Å²) in [6, 6.07) is 0. The van der Waals surface area contributed by atoms with Gasteiger partial charge in [-0.25, -0.2) is 8.42 Å². The second-order valence-electron chi connectivity index (χ2n) is 3.51. The lowest BCUT2D eigenvalue weighted by Gasteiger charge is -1.98. The minimum Gasteiger partial charge on any atom is -0.252 e. The van der Waals surface area contributed by atoms with Crippen LogP contribution >= 0.6 is 11.6 Å². The van der Waals surface area contributed by atoms with E-state index in [4.69, 9.17) is 11.6 Å². The SMILES string of the molecule is CC(Cl)c1cn(CCCS(C)(=O)=O)nn1. The lowest BCUT2D eigenvalue weighted by Crippen LogP contribution is -2.07. The molecule has 0 saturated carbocycles. The number of alkyl halides is 1. The second kappa shape index (κ2) is 4.94. The van der Waals surface area contributed by atoms with Gasteiger partial charge in [-0.15, -0.1) is 16.7 Å². The van der Waals surface area contributed by atoms with Crippen LogP contribution in [0, 0.1) is 0 Å². The maximum atomic E-state index is 10.9. The Morgan fingerprint density at radius 3 is 2.73 bits per heavy atom. The van der Waals surface area contributed by atoms with E-state index in [-0.39, 0.29) is 11.1 Å². The van der Waals surface area contributed by atoms with Gasteiger partial charge >= 0.3 is 0 Å². The summed E-state index contributed by atoms with van der Waals surface area (Å²) in [6.45, 7) is 2.36. The van der Waals surface area contributed by atoms with Crippen LogP contribution < -0.4 is 0 Å². The summed E-state index contributed by atoms with van der Waals surface area (Å²) in [5.41, 5.74) is 0.705. The van der Waals surface area contributed by atoms with Crippen LogP contribution in [0.15, 0.2) is 6.20 Å². The number of rotatable bonds is 5. The predicted molar refractivity (Wildman–Crippen MR) is 58.6 cm³/mol. The molecular weight excluding hydrogens is 238 g/mol. The highest BCUT2D eigenvalue weighted by Crippen LogP contribution is 2.15. The maximum Gasteiger partial charge on any atom is 0.147 e. The molecule has 0 aromatic carbocycles. The van der Waals surface area contributed by atoms with Gasteiger partial charge in [-0.1, -0.05) is 5.21 Å². The molecule has 1 aromatic heterocycles. The first-order valence-corrected chi connectivity index (χ1v) is 7.10. The van der Waals surface area contributed by atoms with Gasteiger partial charge in [0.1, 0.15) is 15.5 Å². The van der Waals surface area contributed by atoms with E-state index in [9.17, 15) is 8.42 Å². The number of halogens is 1. The van der Waals surface area contributed by atoms with Crippen molar-refractivity contribution in [1.29, 1.82) is 0 Å². The average molecular weight is 252 g/mol. The highest BCUT2D eigenvalue weighted by Gasteiger charge is 2.07. The zero-order valence-electron chi connectivity index (χ0n) is 8.72. The largest absolute Gasteiger partial charge is 0.252 e.